The van der Waals surface area contributed by atoms with E-state index in [1.807, 2.05) is 13.1 Å². The molecule has 0 spiro atoms. The van der Waals surface area contributed by atoms with Crippen LogP contribution in [0, 0.1) is 12.8 Å². The minimum atomic E-state index is 0.0874. The Morgan fingerprint density at radius 1 is 1.24 bits per heavy atom. The topological polar surface area (TPSA) is 54.0 Å². The Morgan fingerprint density at radius 3 is 2.96 bits per heavy atom. The number of aryl methyl sites for hydroxylation is 2. The first kappa shape index (κ1) is 16.3. The first-order valence-electron chi connectivity index (χ1n) is 9.24. The molecule has 4 nitrogen and oxygen atoms in total. The van der Waals surface area contributed by atoms with Gasteiger partial charge < -0.3 is 10.6 Å². The number of nitrogens with zero attached hydrogens (tertiary/aromatic N) is 1. The maximum absolute atomic E-state index is 12.7. The minimum Gasteiger partial charge on any atom is -0.352 e. The van der Waals surface area contributed by atoms with Crippen molar-refractivity contribution in [1.82, 2.24) is 15.6 Å². The van der Waals surface area contributed by atoms with Crippen LogP contribution < -0.4 is 10.6 Å². The van der Waals surface area contributed by atoms with Crippen LogP contribution in [0.25, 0.3) is 0 Å². The Bertz CT molecular complexity index is 800. The average Bonchev–Trinajstić information content (AvgIpc) is 2.66. The second-order valence-electron chi connectivity index (χ2n) is 7.18. The fourth-order valence-corrected chi connectivity index (χ4v) is 4.12. The van der Waals surface area contributed by atoms with Gasteiger partial charge in [0.1, 0.15) is 0 Å². The van der Waals surface area contributed by atoms with E-state index in [-0.39, 0.29) is 11.8 Å². The van der Waals surface area contributed by atoms with Gasteiger partial charge in [-0.1, -0.05) is 24.3 Å². The van der Waals surface area contributed by atoms with E-state index in [0.29, 0.717) is 6.54 Å². The molecule has 0 radical (unpaired) electrons. The molecule has 1 aliphatic carbocycles. The van der Waals surface area contributed by atoms with Gasteiger partial charge in [-0.05, 0) is 67.0 Å². The van der Waals surface area contributed by atoms with E-state index in [1.54, 1.807) is 0 Å². The molecule has 0 bridgehead atoms. The Balaban J connectivity index is 1.45. The highest BCUT2D eigenvalue weighted by molar-refractivity contribution is 5.79. The van der Waals surface area contributed by atoms with Crippen LogP contribution in [-0.2, 0) is 37.1 Å². The second-order valence-corrected chi connectivity index (χ2v) is 7.18. The van der Waals surface area contributed by atoms with Crippen molar-refractivity contribution in [1.29, 1.82) is 0 Å². The standard InChI is InChI=1S/C21H25N3O/c1-14-20(19-8-9-22-11-18(19)12-23-14)13-24-21(25)17-7-6-15-4-2-3-5-16(15)10-17/h2-5,12,17,22H,6-11,13H2,1H3,(H,24,25)/t17-/m1/s1. The summed E-state index contributed by atoms with van der Waals surface area (Å²) >= 11 is 0. The van der Waals surface area contributed by atoms with Crippen LogP contribution in [0.15, 0.2) is 30.5 Å². The monoisotopic (exact) mass is 335 g/mol. The quantitative estimate of drug-likeness (QED) is 0.906. The van der Waals surface area contributed by atoms with E-state index in [1.165, 1.54) is 27.8 Å². The molecule has 130 valence electrons. The molecule has 0 saturated carbocycles. The van der Waals surface area contributed by atoms with Gasteiger partial charge in [-0.15, -0.1) is 0 Å². The first-order valence-corrected chi connectivity index (χ1v) is 9.24. The van der Waals surface area contributed by atoms with Crippen LogP contribution in [0.2, 0.25) is 0 Å². The molecule has 2 N–H and O–H groups in total. The SMILES string of the molecule is Cc1ncc2c(c1CNC(=O)[C@@H]1CCc3ccccc3C1)CCNC2. The van der Waals surface area contributed by atoms with Crippen molar-refractivity contribution < 1.29 is 4.79 Å². The average molecular weight is 335 g/mol. The molecular weight excluding hydrogens is 310 g/mol. The molecule has 1 aromatic carbocycles. The summed E-state index contributed by atoms with van der Waals surface area (Å²) in [6.07, 6.45) is 5.79. The molecule has 1 aromatic heterocycles. The molecule has 4 heteroatoms. The van der Waals surface area contributed by atoms with Crippen molar-refractivity contribution in [3.05, 3.63) is 64.0 Å². The van der Waals surface area contributed by atoms with Gasteiger partial charge in [-0.2, -0.15) is 0 Å². The molecule has 2 heterocycles. The van der Waals surface area contributed by atoms with Crippen LogP contribution in [0.3, 0.4) is 0 Å². The van der Waals surface area contributed by atoms with Crippen LogP contribution >= 0.6 is 0 Å². The van der Waals surface area contributed by atoms with Gasteiger partial charge in [0.2, 0.25) is 5.91 Å². The molecule has 2 aliphatic rings. The highest BCUT2D eigenvalue weighted by Gasteiger charge is 2.25. The lowest BCUT2D eigenvalue weighted by atomic mass is 9.83. The van der Waals surface area contributed by atoms with Crippen molar-refractivity contribution in [3.8, 4) is 0 Å². The molecule has 2 aromatic rings. The number of amides is 1. The molecule has 0 fully saturated rings. The summed E-state index contributed by atoms with van der Waals surface area (Å²) in [7, 11) is 0. The summed E-state index contributed by atoms with van der Waals surface area (Å²) in [5.41, 5.74) is 7.62. The Hall–Kier alpha value is -2.20. The summed E-state index contributed by atoms with van der Waals surface area (Å²) in [5.74, 6) is 0.268. The van der Waals surface area contributed by atoms with Gasteiger partial charge in [0.15, 0.2) is 0 Å². The van der Waals surface area contributed by atoms with Crippen molar-refractivity contribution in [2.75, 3.05) is 6.54 Å². The number of carbonyl (C=O) groups is 1. The molecule has 0 saturated heterocycles. The maximum Gasteiger partial charge on any atom is 0.223 e. The number of benzene rings is 1. The summed E-state index contributed by atoms with van der Waals surface area (Å²) in [6, 6.07) is 8.49. The lowest BCUT2D eigenvalue weighted by Crippen LogP contribution is -2.35. The molecule has 1 aliphatic heterocycles. The van der Waals surface area contributed by atoms with Crippen molar-refractivity contribution >= 4 is 5.91 Å². The number of hydrogen-bond donors (Lipinski definition) is 2. The number of rotatable bonds is 3. The molecule has 4 rings (SSSR count). The van der Waals surface area contributed by atoms with Crippen LogP contribution in [0.4, 0.5) is 0 Å². The van der Waals surface area contributed by atoms with E-state index in [9.17, 15) is 4.79 Å². The third-order valence-corrected chi connectivity index (χ3v) is 5.63. The van der Waals surface area contributed by atoms with Crippen molar-refractivity contribution in [2.45, 2.75) is 45.7 Å². The molecular formula is C21H25N3O. The number of fused-ring (bicyclic) bond motifs is 2. The zero-order chi connectivity index (χ0) is 17.2. The van der Waals surface area contributed by atoms with Crippen LogP contribution in [0.1, 0.15) is 39.9 Å². The molecule has 0 unspecified atom stereocenters. The van der Waals surface area contributed by atoms with E-state index in [2.05, 4.69) is 39.9 Å². The van der Waals surface area contributed by atoms with Gasteiger partial charge in [-0.3, -0.25) is 9.78 Å². The van der Waals surface area contributed by atoms with Gasteiger partial charge in [0.05, 0.1) is 0 Å². The smallest absolute Gasteiger partial charge is 0.223 e. The van der Waals surface area contributed by atoms with Crippen LogP contribution in [-0.4, -0.2) is 17.4 Å². The summed E-state index contributed by atoms with van der Waals surface area (Å²) in [5, 5.41) is 6.58. The zero-order valence-electron chi connectivity index (χ0n) is 14.8. The maximum atomic E-state index is 12.7. The van der Waals surface area contributed by atoms with Gasteiger partial charge in [0, 0.05) is 30.9 Å². The van der Waals surface area contributed by atoms with E-state index in [4.69, 9.17) is 0 Å². The van der Waals surface area contributed by atoms with Gasteiger partial charge >= 0.3 is 0 Å². The third kappa shape index (κ3) is 3.31. The summed E-state index contributed by atoms with van der Waals surface area (Å²) < 4.78 is 0. The summed E-state index contributed by atoms with van der Waals surface area (Å²) in [6.45, 7) is 4.51. The highest BCUT2D eigenvalue weighted by Crippen LogP contribution is 2.26. The van der Waals surface area contributed by atoms with Gasteiger partial charge in [0.25, 0.3) is 0 Å². The number of hydrogen-bond acceptors (Lipinski definition) is 3. The van der Waals surface area contributed by atoms with E-state index >= 15 is 0 Å². The number of nitrogens with one attached hydrogen (secondary N) is 2. The highest BCUT2D eigenvalue weighted by atomic mass is 16.1. The normalized spacial score (nSPS) is 19.0. The lowest BCUT2D eigenvalue weighted by molar-refractivity contribution is -0.125. The minimum absolute atomic E-state index is 0.0874. The fraction of sp³-hybridized carbons (Fsp3) is 0.429. The van der Waals surface area contributed by atoms with E-state index in [0.717, 1.165) is 44.5 Å². The lowest BCUT2D eigenvalue weighted by Gasteiger charge is -2.25. The summed E-state index contributed by atoms with van der Waals surface area (Å²) in [4.78, 5) is 17.2. The predicted molar refractivity (Wildman–Crippen MR) is 98.2 cm³/mol. The fourth-order valence-electron chi connectivity index (χ4n) is 4.12. The number of carbonyl (C=O) groups excluding carboxylic acids is 1. The number of pyridine rings is 1. The first-order chi connectivity index (χ1) is 12.2. The Labute approximate surface area is 149 Å². The van der Waals surface area contributed by atoms with Crippen molar-refractivity contribution in [3.63, 3.8) is 0 Å². The number of aromatic nitrogens is 1. The second kappa shape index (κ2) is 6.96. The molecule has 1 atom stereocenters. The predicted octanol–water partition coefficient (Wildman–Crippen LogP) is 2.46. The van der Waals surface area contributed by atoms with Crippen LogP contribution in [0.5, 0.6) is 0 Å². The molecule has 1 amide bonds. The largest absolute Gasteiger partial charge is 0.352 e. The third-order valence-electron chi connectivity index (χ3n) is 5.63. The zero-order valence-corrected chi connectivity index (χ0v) is 14.8. The molecule has 25 heavy (non-hydrogen) atoms. The van der Waals surface area contributed by atoms with E-state index < -0.39 is 0 Å². The van der Waals surface area contributed by atoms with Gasteiger partial charge in [-0.25, -0.2) is 0 Å². The van der Waals surface area contributed by atoms with Crippen molar-refractivity contribution in [2.24, 2.45) is 5.92 Å². The Kier molecular flexibility index (Phi) is 4.53. The Morgan fingerprint density at radius 2 is 2.08 bits per heavy atom.